The van der Waals surface area contributed by atoms with Crippen LogP contribution in [0.4, 0.5) is 4.79 Å². The molecule has 0 heterocycles. The molecule has 0 unspecified atom stereocenters. The predicted octanol–water partition coefficient (Wildman–Crippen LogP) is 3.55. The van der Waals surface area contributed by atoms with Gasteiger partial charge in [-0.1, -0.05) is 48.0 Å². The van der Waals surface area contributed by atoms with Crippen molar-refractivity contribution in [3.05, 3.63) is 71.3 Å². The van der Waals surface area contributed by atoms with Gasteiger partial charge in [-0.3, -0.25) is 5.41 Å². The maximum atomic E-state index is 11.4. The molecule has 0 aromatic heterocycles. The van der Waals surface area contributed by atoms with E-state index < -0.39 is 6.16 Å². The first-order valence-electron chi connectivity index (χ1n) is 6.65. The quantitative estimate of drug-likeness (QED) is 0.523. The summed E-state index contributed by atoms with van der Waals surface area (Å²) in [4.78, 5) is 15.5. The molecule has 0 aliphatic heterocycles. The first-order valence-corrected chi connectivity index (χ1v) is 6.65. The number of rotatable bonds is 2. The molecule has 2 aromatic rings. The van der Waals surface area contributed by atoms with E-state index in [1.807, 2.05) is 37.3 Å². The minimum absolute atomic E-state index is 0.0000723. The molecular weight excluding hydrogens is 280 g/mol. The number of nitrogens with zero attached hydrogens (tertiary/aromatic N) is 1. The molecule has 2 rings (SSSR count). The summed E-state index contributed by atoms with van der Waals surface area (Å²) < 4.78 is 9.57. The van der Waals surface area contributed by atoms with E-state index in [1.165, 1.54) is 7.11 Å². The van der Waals surface area contributed by atoms with Crippen molar-refractivity contribution in [1.82, 2.24) is 0 Å². The van der Waals surface area contributed by atoms with Gasteiger partial charge in [-0.05, 0) is 19.1 Å². The van der Waals surface area contributed by atoms with Crippen molar-refractivity contribution in [3.63, 3.8) is 0 Å². The average Bonchev–Trinajstić information content (AvgIpc) is 2.55. The molecule has 0 atom stereocenters. The number of hydrogen-bond donors (Lipinski definition) is 1. The second kappa shape index (κ2) is 7.17. The molecule has 0 fully saturated rings. The molecule has 0 aliphatic carbocycles. The molecule has 0 amide bonds. The Hall–Kier alpha value is -2.95. The number of carbonyl (C=O) groups excluding carboxylic acids is 1. The number of carbonyl (C=O) groups is 1. The highest BCUT2D eigenvalue weighted by Gasteiger charge is 2.13. The molecule has 22 heavy (non-hydrogen) atoms. The number of amidine groups is 1. The van der Waals surface area contributed by atoms with Crippen molar-refractivity contribution in [2.75, 3.05) is 7.11 Å². The van der Waals surface area contributed by atoms with Crippen LogP contribution >= 0.6 is 0 Å². The zero-order valence-corrected chi connectivity index (χ0v) is 12.4. The van der Waals surface area contributed by atoms with Crippen molar-refractivity contribution in [2.45, 2.75) is 6.92 Å². The second-order valence-corrected chi connectivity index (χ2v) is 4.55. The van der Waals surface area contributed by atoms with E-state index in [9.17, 15) is 4.79 Å². The largest absolute Gasteiger partial charge is 0.514 e. The molecule has 0 saturated heterocycles. The third-order valence-corrected chi connectivity index (χ3v) is 2.91. The minimum Gasteiger partial charge on any atom is -0.437 e. The van der Waals surface area contributed by atoms with Gasteiger partial charge in [0.1, 0.15) is 0 Å². The van der Waals surface area contributed by atoms with Crippen molar-refractivity contribution in [1.29, 1.82) is 5.41 Å². The third-order valence-electron chi connectivity index (χ3n) is 2.91. The maximum absolute atomic E-state index is 11.4. The summed E-state index contributed by atoms with van der Waals surface area (Å²) >= 11 is 0. The van der Waals surface area contributed by atoms with Gasteiger partial charge in [-0.2, -0.15) is 4.99 Å². The standard InChI is InChI=1S/C17H16N2O3/c1-12-8-10-14(11-9-12)16(22-17(20)21-2)19-15(18)13-6-4-3-5-7-13/h3-11,18H,1-2H3. The first kappa shape index (κ1) is 15.4. The van der Waals surface area contributed by atoms with Crippen LogP contribution in [0.2, 0.25) is 0 Å². The van der Waals surface area contributed by atoms with Crippen LogP contribution in [-0.2, 0) is 9.47 Å². The van der Waals surface area contributed by atoms with Gasteiger partial charge in [0, 0.05) is 11.1 Å². The van der Waals surface area contributed by atoms with E-state index in [0.717, 1.165) is 5.56 Å². The average molecular weight is 296 g/mol. The van der Waals surface area contributed by atoms with E-state index in [2.05, 4.69) is 9.73 Å². The van der Waals surface area contributed by atoms with E-state index in [-0.39, 0.29) is 11.7 Å². The number of ether oxygens (including phenoxy) is 2. The van der Waals surface area contributed by atoms with E-state index in [4.69, 9.17) is 10.1 Å². The lowest BCUT2D eigenvalue weighted by Crippen LogP contribution is -2.15. The second-order valence-electron chi connectivity index (χ2n) is 4.55. The summed E-state index contributed by atoms with van der Waals surface area (Å²) in [5.41, 5.74) is 2.29. The molecule has 2 aromatic carbocycles. The normalized spacial score (nSPS) is 10.9. The number of hydrogen-bond acceptors (Lipinski definition) is 4. The van der Waals surface area contributed by atoms with Crippen LogP contribution in [0.1, 0.15) is 16.7 Å². The smallest absolute Gasteiger partial charge is 0.437 e. The highest BCUT2D eigenvalue weighted by Crippen LogP contribution is 2.09. The van der Waals surface area contributed by atoms with Crippen molar-refractivity contribution in [3.8, 4) is 0 Å². The topological polar surface area (TPSA) is 71.7 Å². The summed E-state index contributed by atoms with van der Waals surface area (Å²) in [7, 11) is 1.22. The fraction of sp³-hybridized carbons (Fsp3) is 0.118. The van der Waals surface area contributed by atoms with Gasteiger partial charge in [-0.15, -0.1) is 0 Å². The lowest BCUT2D eigenvalue weighted by atomic mass is 10.1. The minimum atomic E-state index is -0.875. The van der Waals surface area contributed by atoms with Gasteiger partial charge in [0.2, 0.25) is 5.90 Å². The Balaban J connectivity index is 2.35. The van der Waals surface area contributed by atoms with E-state index in [1.54, 1.807) is 24.3 Å². The van der Waals surface area contributed by atoms with Crippen molar-refractivity contribution in [2.24, 2.45) is 4.99 Å². The van der Waals surface area contributed by atoms with Crippen LogP contribution in [0, 0.1) is 12.3 Å². The number of aryl methyl sites for hydroxylation is 1. The van der Waals surface area contributed by atoms with Crippen molar-refractivity contribution >= 4 is 17.9 Å². The molecule has 5 nitrogen and oxygen atoms in total. The fourth-order valence-electron chi connectivity index (χ4n) is 1.73. The summed E-state index contributed by atoms with van der Waals surface area (Å²) in [6.07, 6.45) is -0.875. The number of nitrogens with one attached hydrogen (secondary N) is 1. The Labute approximate surface area is 128 Å². The van der Waals surface area contributed by atoms with E-state index >= 15 is 0 Å². The lowest BCUT2D eigenvalue weighted by molar-refractivity contribution is 0.118. The van der Waals surface area contributed by atoms with Gasteiger partial charge in [-0.25, -0.2) is 4.79 Å². The number of aliphatic imine (C=N–C) groups is 1. The SMILES string of the molecule is COC(=O)OC(=NC(=N)c1ccccc1)c1ccc(C)cc1. The van der Waals surface area contributed by atoms with Gasteiger partial charge in [0.15, 0.2) is 5.84 Å². The number of methoxy groups -OCH3 is 1. The van der Waals surface area contributed by atoms with Crippen molar-refractivity contribution < 1.29 is 14.3 Å². The van der Waals surface area contributed by atoms with Crippen LogP contribution in [0.3, 0.4) is 0 Å². The molecule has 112 valence electrons. The third kappa shape index (κ3) is 4.02. The summed E-state index contributed by atoms with van der Waals surface area (Å²) in [5.74, 6) is 0.0285. The van der Waals surface area contributed by atoms with Gasteiger partial charge in [0.05, 0.1) is 7.11 Å². The highest BCUT2D eigenvalue weighted by molar-refractivity contribution is 6.10. The summed E-state index contributed by atoms with van der Waals surface area (Å²) in [6, 6.07) is 16.3. The van der Waals surface area contributed by atoms with Crippen LogP contribution in [0.25, 0.3) is 0 Å². The molecule has 0 radical (unpaired) electrons. The lowest BCUT2D eigenvalue weighted by Gasteiger charge is -2.08. The Morgan fingerprint density at radius 1 is 1.00 bits per heavy atom. The Bertz CT molecular complexity index is 692. The molecule has 0 saturated carbocycles. The zero-order valence-electron chi connectivity index (χ0n) is 12.4. The predicted molar refractivity (Wildman–Crippen MR) is 84.5 cm³/mol. The van der Waals surface area contributed by atoms with Crippen LogP contribution in [0.5, 0.6) is 0 Å². The van der Waals surface area contributed by atoms with Gasteiger partial charge < -0.3 is 9.47 Å². The van der Waals surface area contributed by atoms with Crippen LogP contribution in [0.15, 0.2) is 59.6 Å². The first-order chi connectivity index (χ1) is 10.6. The Morgan fingerprint density at radius 3 is 2.23 bits per heavy atom. The molecule has 5 heteroatoms. The molecule has 1 N–H and O–H groups in total. The summed E-state index contributed by atoms with van der Waals surface area (Å²) in [5, 5.41) is 8.03. The van der Waals surface area contributed by atoms with Gasteiger partial charge >= 0.3 is 6.16 Å². The van der Waals surface area contributed by atoms with Crippen LogP contribution < -0.4 is 0 Å². The molecule has 0 aliphatic rings. The van der Waals surface area contributed by atoms with Crippen LogP contribution in [-0.4, -0.2) is 25.0 Å². The maximum Gasteiger partial charge on any atom is 0.514 e. The van der Waals surface area contributed by atoms with E-state index in [0.29, 0.717) is 11.1 Å². The Kier molecular flexibility index (Phi) is 5.03. The van der Waals surface area contributed by atoms with Gasteiger partial charge in [0.25, 0.3) is 0 Å². The zero-order chi connectivity index (χ0) is 15.9. The summed E-state index contributed by atoms with van der Waals surface area (Å²) in [6.45, 7) is 1.95. The molecular formula is C17H16N2O3. The Morgan fingerprint density at radius 2 is 1.64 bits per heavy atom. The number of benzene rings is 2. The highest BCUT2D eigenvalue weighted by atomic mass is 16.7. The molecule has 0 spiro atoms. The molecule has 0 bridgehead atoms. The monoisotopic (exact) mass is 296 g/mol. The fourth-order valence-corrected chi connectivity index (χ4v) is 1.73.